The number of nitrogens with zero attached hydrogens (tertiary/aromatic N) is 1. The second-order valence-electron chi connectivity index (χ2n) is 8.29. The van der Waals surface area contributed by atoms with E-state index < -0.39 is 23.8 Å². The third-order valence-electron chi connectivity index (χ3n) is 5.63. The van der Waals surface area contributed by atoms with E-state index in [-0.39, 0.29) is 11.5 Å². The van der Waals surface area contributed by atoms with Gasteiger partial charge in [-0.05, 0) is 60.0 Å². The van der Waals surface area contributed by atoms with Gasteiger partial charge in [-0.2, -0.15) is 0 Å². The molecule has 1 aliphatic rings. The molecule has 1 heterocycles. The van der Waals surface area contributed by atoms with Crippen LogP contribution in [0.4, 0.5) is 4.39 Å². The lowest BCUT2D eigenvalue weighted by Gasteiger charge is -2.15. The summed E-state index contributed by atoms with van der Waals surface area (Å²) in [6, 6.07) is 19.0. The van der Waals surface area contributed by atoms with Gasteiger partial charge < -0.3 is 5.32 Å². The Kier molecular flexibility index (Phi) is 6.56. The molecule has 3 aromatic rings. The van der Waals surface area contributed by atoms with Crippen LogP contribution in [0.3, 0.4) is 0 Å². The highest BCUT2D eigenvalue weighted by Crippen LogP contribution is 2.27. The van der Waals surface area contributed by atoms with Crippen LogP contribution in [0.2, 0.25) is 5.02 Å². The minimum atomic E-state index is -0.866. The average Bonchev–Trinajstić information content (AvgIpc) is 3.09. The van der Waals surface area contributed by atoms with E-state index in [4.69, 9.17) is 11.6 Å². The van der Waals surface area contributed by atoms with Gasteiger partial charge >= 0.3 is 5.91 Å². The van der Waals surface area contributed by atoms with E-state index in [0.29, 0.717) is 10.9 Å². The summed E-state index contributed by atoms with van der Waals surface area (Å²) in [5.41, 5.74) is 6.05. The third kappa shape index (κ3) is 5.12. The maximum absolute atomic E-state index is 13.2. The average molecular weight is 465 g/mol. The number of hydrogen-bond donors (Lipinski definition) is 2. The van der Waals surface area contributed by atoms with Gasteiger partial charge in [-0.15, -0.1) is 10.1 Å². The predicted octanol–water partition coefficient (Wildman–Crippen LogP) is 4.62. The zero-order valence-corrected chi connectivity index (χ0v) is 19.0. The summed E-state index contributed by atoms with van der Waals surface area (Å²) >= 11 is 6.06. The van der Waals surface area contributed by atoms with E-state index in [2.05, 4.69) is 36.7 Å². The molecule has 0 aliphatic carbocycles. The molecule has 0 spiro atoms. The second-order valence-corrected chi connectivity index (χ2v) is 8.72. The van der Waals surface area contributed by atoms with Gasteiger partial charge in [0.15, 0.2) is 6.04 Å². The zero-order valence-electron chi connectivity index (χ0n) is 18.3. The van der Waals surface area contributed by atoms with Gasteiger partial charge in [-0.25, -0.2) is 4.39 Å². The summed E-state index contributed by atoms with van der Waals surface area (Å²) in [6.45, 7) is 4.26. The van der Waals surface area contributed by atoms with Crippen molar-refractivity contribution < 1.29 is 18.7 Å². The van der Waals surface area contributed by atoms with Gasteiger partial charge in [-0.1, -0.05) is 49.7 Å². The molecule has 0 radical (unpaired) electrons. The van der Waals surface area contributed by atoms with Gasteiger partial charge in [0.2, 0.25) is 12.3 Å². The van der Waals surface area contributed by atoms with Crippen molar-refractivity contribution in [1.82, 2.24) is 10.7 Å². The van der Waals surface area contributed by atoms with Crippen LogP contribution in [0.25, 0.3) is 0 Å². The van der Waals surface area contributed by atoms with E-state index in [0.717, 1.165) is 11.1 Å². The van der Waals surface area contributed by atoms with Crippen molar-refractivity contribution in [2.75, 3.05) is 0 Å². The van der Waals surface area contributed by atoms with E-state index in [9.17, 15) is 14.0 Å². The molecule has 4 rings (SSSR count). The molecule has 1 aliphatic heterocycles. The first kappa shape index (κ1) is 22.7. The Morgan fingerprint density at radius 2 is 1.67 bits per heavy atom. The molecule has 2 N–H and O–H groups in total. The molecule has 168 valence electrons. The number of halogens is 2. The SMILES string of the molecule is CC(C)c1ccc(/C=[N+]2\NC(=O)[C@@H](NC(=O)c3ccc(F)cc3)[C@H]2c2ccc(Cl)cc2)cc1. The first-order valence-corrected chi connectivity index (χ1v) is 11.0. The predicted molar refractivity (Wildman–Crippen MR) is 126 cm³/mol. The lowest BCUT2D eigenvalue weighted by atomic mass is 9.99. The molecule has 0 aromatic heterocycles. The van der Waals surface area contributed by atoms with Crippen molar-refractivity contribution >= 4 is 29.6 Å². The van der Waals surface area contributed by atoms with E-state index in [1.54, 1.807) is 16.8 Å². The lowest BCUT2D eigenvalue weighted by Crippen LogP contribution is -2.42. The molecule has 5 nitrogen and oxygen atoms in total. The summed E-state index contributed by atoms with van der Waals surface area (Å²) in [4.78, 5) is 25.7. The fraction of sp³-hybridized carbons (Fsp3) is 0.192. The summed E-state index contributed by atoms with van der Waals surface area (Å²) in [5, 5.41) is 3.37. The summed E-state index contributed by atoms with van der Waals surface area (Å²) in [6.07, 6.45) is 1.84. The summed E-state index contributed by atoms with van der Waals surface area (Å²) in [7, 11) is 0. The molecule has 1 saturated heterocycles. The van der Waals surface area contributed by atoms with Crippen molar-refractivity contribution in [1.29, 1.82) is 0 Å². The number of carbonyl (C=O) groups is 2. The summed E-state index contributed by atoms with van der Waals surface area (Å²) < 4.78 is 14.9. The number of carbonyl (C=O) groups excluding carboxylic acids is 2. The number of nitrogens with one attached hydrogen (secondary N) is 2. The Morgan fingerprint density at radius 1 is 1.03 bits per heavy atom. The molecule has 0 unspecified atom stereocenters. The van der Waals surface area contributed by atoms with Crippen LogP contribution in [-0.4, -0.2) is 28.8 Å². The van der Waals surface area contributed by atoms with Crippen molar-refractivity contribution in [2.24, 2.45) is 0 Å². The Bertz CT molecular complexity index is 1190. The number of hydrazone groups is 1. The number of benzene rings is 3. The minimum Gasteiger partial charge on any atom is -0.334 e. The Labute approximate surface area is 196 Å². The van der Waals surface area contributed by atoms with Crippen molar-refractivity contribution in [2.45, 2.75) is 31.8 Å². The maximum Gasteiger partial charge on any atom is 0.304 e. The van der Waals surface area contributed by atoms with Crippen LogP contribution >= 0.6 is 11.6 Å². The molecule has 33 heavy (non-hydrogen) atoms. The minimum absolute atomic E-state index is 0.269. The fourth-order valence-corrected chi connectivity index (χ4v) is 3.92. The fourth-order valence-electron chi connectivity index (χ4n) is 3.79. The molecule has 3 aromatic carbocycles. The second kappa shape index (κ2) is 9.55. The van der Waals surface area contributed by atoms with Crippen LogP contribution in [0.5, 0.6) is 0 Å². The van der Waals surface area contributed by atoms with Crippen LogP contribution in [0.1, 0.15) is 52.9 Å². The highest BCUT2D eigenvalue weighted by Gasteiger charge is 2.47. The Balaban J connectivity index is 1.68. The normalized spacial score (nSPS) is 19.1. The summed E-state index contributed by atoms with van der Waals surface area (Å²) in [5.74, 6) is -0.829. The molecule has 2 amide bonds. The molecule has 0 saturated carbocycles. The third-order valence-corrected chi connectivity index (χ3v) is 5.88. The number of rotatable bonds is 5. The van der Waals surface area contributed by atoms with Crippen molar-refractivity contribution in [3.8, 4) is 0 Å². The van der Waals surface area contributed by atoms with E-state index in [1.807, 2.05) is 30.5 Å². The van der Waals surface area contributed by atoms with E-state index in [1.165, 1.54) is 29.8 Å². The van der Waals surface area contributed by atoms with Gasteiger partial charge in [-0.3, -0.25) is 9.59 Å². The molecule has 2 atom stereocenters. The molecular weight excluding hydrogens is 441 g/mol. The molecule has 7 heteroatoms. The van der Waals surface area contributed by atoms with Crippen LogP contribution in [0.15, 0.2) is 72.8 Å². The number of hydrazine groups is 1. The van der Waals surface area contributed by atoms with Crippen LogP contribution in [-0.2, 0) is 4.79 Å². The van der Waals surface area contributed by atoms with Gasteiger partial charge in [0, 0.05) is 21.7 Å². The zero-order chi connectivity index (χ0) is 23.5. The number of hydrogen-bond acceptors (Lipinski definition) is 2. The standard InChI is InChI=1S/C26H23ClFN3O2/c1-16(2)18-5-3-17(4-6-18)15-31-24(19-7-11-21(27)12-8-19)23(26(33)30-31)29-25(32)20-9-13-22(28)14-10-20/h3-16,23-24H,1-2H3,(H-,29,30,32,33)/p+1/b31-15-/t23-,24+/m0/s1. The van der Waals surface area contributed by atoms with Crippen LogP contribution in [0, 0.1) is 5.82 Å². The first-order chi connectivity index (χ1) is 15.8. The largest absolute Gasteiger partial charge is 0.334 e. The van der Waals surface area contributed by atoms with E-state index >= 15 is 0 Å². The maximum atomic E-state index is 13.2. The topological polar surface area (TPSA) is 61.2 Å². The smallest absolute Gasteiger partial charge is 0.304 e. The monoisotopic (exact) mass is 464 g/mol. The lowest BCUT2D eigenvalue weighted by molar-refractivity contribution is -0.596. The molecule has 0 bridgehead atoms. The van der Waals surface area contributed by atoms with Crippen molar-refractivity contribution in [3.63, 3.8) is 0 Å². The highest BCUT2D eigenvalue weighted by molar-refractivity contribution is 6.30. The molecular formula is C26H24ClFN3O2+. The molecule has 1 fully saturated rings. The van der Waals surface area contributed by atoms with Gasteiger partial charge in [0.25, 0.3) is 5.91 Å². The van der Waals surface area contributed by atoms with Gasteiger partial charge in [0.1, 0.15) is 5.82 Å². The van der Waals surface area contributed by atoms with Crippen LogP contribution < -0.4 is 10.7 Å². The highest BCUT2D eigenvalue weighted by atomic mass is 35.5. The first-order valence-electron chi connectivity index (χ1n) is 10.7. The Morgan fingerprint density at radius 3 is 2.27 bits per heavy atom. The Hall–Kier alpha value is -3.51. The quantitative estimate of drug-likeness (QED) is 0.541. The van der Waals surface area contributed by atoms with Gasteiger partial charge in [0.05, 0.1) is 0 Å². The number of amides is 2. The van der Waals surface area contributed by atoms with Crippen molar-refractivity contribution in [3.05, 3.63) is 106 Å².